The Labute approximate surface area is 90.3 Å². The van der Waals surface area contributed by atoms with Gasteiger partial charge in [-0.05, 0) is 17.7 Å². The van der Waals surface area contributed by atoms with Crippen LogP contribution in [0.25, 0.3) is 0 Å². The fourth-order valence-corrected chi connectivity index (χ4v) is 1.00. The van der Waals surface area contributed by atoms with E-state index in [2.05, 4.69) is 11.3 Å². The fraction of sp³-hybridized carbons (Fsp3) is 0.182. The number of hydrogen-bond acceptors (Lipinski definition) is 2. The molecule has 1 aromatic rings. The molecule has 0 radical (unpaired) electrons. The Hall–Kier alpha value is -1.78. The molecule has 0 aliphatic heterocycles. The van der Waals surface area contributed by atoms with E-state index < -0.39 is 17.7 Å². The van der Waals surface area contributed by atoms with Crippen molar-refractivity contribution >= 4 is 5.97 Å². The lowest BCUT2D eigenvalue weighted by atomic mass is 10.1. The van der Waals surface area contributed by atoms with E-state index in [1.165, 1.54) is 12.1 Å². The van der Waals surface area contributed by atoms with Crippen molar-refractivity contribution in [1.82, 2.24) is 0 Å². The molecule has 0 bridgehead atoms. The molecule has 0 fully saturated rings. The van der Waals surface area contributed by atoms with Gasteiger partial charge in [-0.25, -0.2) is 4.79 Å². The first-order valence-corrected chi connectivity index (χ1v) is 4.39. The Kier molecular flexibility index (Phi) is 3.71. The maximum Gasteiger partial charge on any atom is 0.416 e. The zero-order chi connectivity index (χ0) is 12.2. The van der Waals surface area contributed by atoms with Crippen LogP contribution in [0.4, 0.5) is 13.2 Å². The second-order valence-corrected chi connectivity index (χ2v) is 3.01. The van der Waals surface area contributed by atoms with Gasteiger partial charge in [-0.1, -0.05) is 18.7 Å². The normalized spacial score (nSPS) is 10.9. The number of esters is 1. The van der Waals surface area contributed by atoms with Crippen LogP contribution in [0.15, 0.2) is 36.9 Å². The third-order valence-electron chi connectivity index (χ3n) is 1.83. The van der Waals surface area contributed by atoms with Crippen LogP contribution in [-0.4, -0.2) is 5.97 Å². The van der Waals surface area contributed by atoms with Gasteiger partial charge in [0.05, 0.1) is 5.56 Å². The second kappa shape index (κ2) is 4.83. The van der Waals surface area contributed by atoms with Crippen LogP contribution in [0.1, 0.15) is 11.1 Å². The number of halogens is 3. The molecular weight excluding hydrogens is 221 g/mol. The first-order valence-electron chi connectivity index (χ1n) is 4.39. The molecule has 0 spiro atoms. The molecule has 0 aromatic heterocycles. The Bertz CT molecular complexity index is 379. The maximum absolute atomic E-state index is 12.2. The number of hydrogen-bond donors (Lipinski definition) is 0. The van der Waals surface area contributed by atoms with Gasteiger partial charge in [-0.2, -0.15) is 13.2 Å². The molecular formula is C11H9F3O2. The second-order valence-electron chi connectivity index (χ2n) is 3.01. The maximum atomic E-state index is 12.2. The van der Waals surface area contributed by atoms with Crippen molar-refractivity contribution < 1.29 is 22.7 Å². The van der Waals surface area contributed by atoms with Crippen molar-refractivity contribution in [3.8, 4) is 0 Å². The lowest BCUT2D eigenvalue weighted by Crippen LogP contribution is -2.05. The Morgan fingerprint density at radius 1 is 1.31 bits per heavy atom. The molecule has 2 nitrogen and oxygen atoms in total. The van der Waals surface area contributed by atoms with E-state index in [1.807, 2.05) is 0 Å². The molecule has 86 valence electrons. The zero-order valence-electron chi connectivity index (χ0n) is 8.25. The van der Waals surface area contributed by atoms with Gasteiger partial charge in [0.2, 0.25) is 0 Å². The van der Waals surface area contributed by atoms with Crippen LogP contribution >= 0.6 is 0 Å². The van der Waals surface area contributed by atoms with Crippen LogP contribution in [-0.2, 0) is 22.3 Å². The molecule has 1 aromatic carbocycles. The summed E-state index contributed by atoms with van der Waals surface area (Å²) in [4.78, 5) is 10.7. The van der Waals surface area contributed by atoms with Crippen LogP contribution < -0.4 is 0 Å². The van der Waals surface area contributed by atoms with Crippen LogP contribution in [0.5, 0.6) is 0 Å². The Morgan fingerprint density at radius 3 is 2.31 bits per heavy atom. The molecule has 0 saturated carbocycles. The number of carbonyl (C=O) groups is 1. The molecule has 5 heteroatoms. The summed E-state index contributed by atoms with van der Waals surface area (Å²) in [6, 6.07) is 4.41. The molecule has 0 saturated heterocycles. The summed E-state index contributed by atoms with van der Waals surface area (Å²) in [6.07, 6.45) is -3.36. The number of rotatable bonds is 3. The topological polar surface area (TPSA) is 26.3 Å². The van der Waals surface area contributed by atoms with Crippen molar-refractivity contribution in [2.45, 2.75) is 12.8 Å². The van der Waals surface area contributed by atoms with Gasteiger partial charge in [0.1, 0.15) is 6.61 Å². The minimum Gasteiger partial charge on any atom is -0.458 e. The summed E-state index contributed by atoms with van der Waals surface area (Å²) in [5.41, 5.74) is -0.241. The van der Waals surface area contributed by atoms with E-state index in [0.29, 0.717) is 5.56 Å². The van der Waals surface area contributed by atoms with Gasteiger partial charge < -0.3 is 4.74 Å². The third-order valence-corrected chi connectivity index (χ3v) is 1.83. The number of ether oxygens (including phenoxy) is 1. The molecule has 0 unspecified atom stereocenters. The molecule has 0 N–H and O–H groups in total. The largest absolute Gasteiger partial charge is 0.458 e. The predicted molar refractivity (Wildman–Crippen MR) is 51.4 cm³/mol. The average molecular weight is 230 g/mol. The molecule has 0 atom stereocenters. The third kappa shape index (κ3) is 3.42. The summed E-state index contributed by atoms with van der Waals surface area (Å²) in [7, 11) is 0. The first-order chi connectivity index (χ1) is 7.43. The molecule has 1 rings (SSSR count). The van der Waals surface area contributed by atoms with Gasteiger partial charge in [0.15, 0.2) is 0 Å². The van der Waals surface area contributed by atoms with E-state index in [-0.39, 0.29) is 6.61 Å². The summed E-state index contributed by atoms with van der Waals surface area (Å²) in [5, 5.41) is 0. The van der Waals surface area contributed by atoms with Crippen molar-refractivity contribution in [1.29, 1.82) is 0 Å². The van der Waals surface area contributed by atoms with Gasteiger partial charge in [0.25, 0.3) is 0 Å². The molecule has 0 heterocycles. The van der Waals surface area contributed by atoms with Crippen LogP contribution in [0.2, 0.25) is 0 Å². The van der Waals surface area contributed by atoms with Crippen molar-refractivity contribution in [2.75, 3.05) is 0 Å². The predicted octanol–water partition coefficient (Wildman–Crippen LogP) is 2.93. The van der Waals surface area contributed by atoms with Gasteiger partial charge >= 0.3 is 12.1 Å². The lowest BCUT2D eigenvalue weighted by Gasteiger charge is -2.07. The minimum absolute atomic E-state index is 0.0665. The van der Waals surface area contributed by atoms with E-state index in [1.54, 1.807) is 0 Å². The fourth-order valence-electron chi connectivity index (χ4n) is 1.00. The van der Waals surface area contributed by atoms with Crippen LogP contribution in [0.3, 0.4) is 0 Å². The van der Waals surface area contributed by atoms with E-state index in [9.17, 15) is 18.0 Å². The zero-order valence-corrected chi connectivity index (χ0v) is 8.25. The highest BCUT2D eigenvalue weighted by atomic mass is 19.4. The smallest absolute Gasteiger partial charge is 0.416 e. The number of carbonyl (C=O) groups excluding carboxylic acids is 1. The van der Waals surface area contributed by atoms with Gasteiger partial charge in [-0.15, -0.1) is 0 Å². The highest BCUT2D eigenvalue weighted by Crippen LogP contribution is 2.29. The number of alkyl halides is 3. The average Bonchev–Trinajstić information content (AvgIpc) is 2.25. The van der Waals surface area contributed by atoms with Crippen molar-refractivity contribution in [3.05, 3.63) is 48.0 Å². The standard InChI is InChI=1S/C11H9F3O2/c1-2-10(15)16-7-8-3-5-9(6-4-8)11(12,13)14/h2-6H,1,7H2. The quantitative estimate of drug-likeness (QED) is 0.589. The molecule has 0 amide bonds. The molecule has 0 aliphatic carbocycles. The summed E-state index contributed by atoms with van der Waals surface area (Å²) < 4.78 is 41.2. The highest BCUT2D eigenvalue weighted by Gasteiger charge is 2.29. The summed E-state index contributed by atoms with van der Waals surface area (Å²) in [5.74, 6) is -0.611. The SMILES string of the molecule is C=CC(=O)OCc1ccc(C(F)(F)F)cc1. The van der Waals surface area contributed by atoms with Crippen molar-refractivity contribution in [3.63, 3.8) is 0 Å². The monoisotopic (exact) mass is 230 g/mol. The Morgan fingerprint density at radius 2 is 1.88 bits per heavy atom. The number of benzene rings is 1. The van der Waals surface area contributed by atoms with E-state index >= 15 is 0 Å². The van der Waals surface area contributed by atoms with Crippen LogP contribution in [0, 0.1) is 0 Å². The van der Waals surface area contributed by atoms with E-state index in [4.69, 9.17) is 0 Å². The Balaban J connectivity index is 2.65. The lowest BCUT2D eigenvalue weighted by molar-refractivity contribution is -0.139. The van der Waals surface area contributed by atoms with Gasteiger partial charge in [-0.3, -0.25) is 0 Å². The minimum atomic E-state index is -4.35. The van der Waals surface area contributed by atoms with E-state index in [0.717, 1.165) is 18.2 Å². The molecule has 0 aliphatic rings. The first kappa shape index (κ1) is 12.3. The summed E-state index contributed by atoms with van der Waals surface area (Å²) >= 11 is 0. The van der Waals surface area contributed by atoms with Gasteiger partial charge in [0, 0.05) is 6.08 Å². The van der Waals surface area contributed by atoms with Crippen molar-refractivity contribution in [2.24, 2.45) is 0 Å². The summed E-state index contributed by atoms with van der Waals surface area (Å²) in [6.45, 7) is 3.13. The highest BCUT2D eigenvalue weighted by molar-refractivity contribution is 5.81. The molecule has 16 heavy (non-hydrogen) atoms.